The zero-order valence-electron chi connectivity index (χ0n) is 25.0. The van der Waals surface area contributed by atoms with Crippen LogP contribution in [-0.2, 0) is 11.2 Å². The van der Waals surface area contributed by atoms with Crippen molar-refractivity contribution in [2.75, 3.05) is 13.7 Å². The molecule has 43 heavy (non-hydrogen) atoms. The van der Waals surface area contributed by atoms with Gasteiger partial charge in [-0.15, -0.1) is 0 Å². The van der Waals surface area contributed by atoms with E-state index in [1.54, 1.807) is 37.7 Å². The molecule has 8 heteroatoms. The van der Waals surface area contributed by atoms with Gasteiger partial charge in [0.05, 0.1) is 13.7 Å². The fourth-order valence-corrected chi connectivity index (χ4v) is 4.75. The van der Waals surface area contributed by atoms with Crippen LogP contribution in [0.15, 0.2) is 79.1 Å². The molecule has 0 fully saturated rings. The zero-order valence-corrected chi connectivity index (χ0v) is 25.0. The number of amides is 1. The van der Waals surface area contributed by atoms with Crippen LogP contribution in [0.25, 0.3) is 22.5 Å². The van der Waals surface area contributed by atoms with Crippen molar-refractivity contribution in [1.82, 2.24) is 15.3 Å². The van der Waals surface area contributed by atoms with Gasteiger partial charge >= 0.3 is 5.97 Å². The highest BCUT2D eigenvalue weighted by molar-refractivity contribution is 5.97. The van der Waals surface area contributed by atoms with E-state index >= 15 is 0 Å². The first-order valence-corrected chi connectivity index (χ1v) is 14.7. The summed E-state index contributed by atoms with van der Waals surface area (Å²) in [6.07, 6.45) is 9.76. The number of hydrogen-bond donors (Lipinski definition) is 2. The molecule has 8 nitrogen and oxygen atoms in total. The van der Waals surface area contributed by atoms with E-state index in [0.29, 0.717) is 17.1 Å². The molecular formula is C35H39N3O5. The first-order chi connectivity index (χ1) is 20.9. The quantitative estimate of drug-likeness (QED) is 0.147. The molecule has 1 unspecified atom stereocenters. The van der Waals surface area contributed by atoms with Gasteiger partial charge in [0.25, 0.3) is 5.91 Å². The molecule has 0 aliphatic heterocycles. The van der Waals surface area contributed by atoms with Crippen LogP contribution in [0.3, 0.4) is 0 Å². The Morgan fingerprint density at radius 3 is 2.16 bits per heavy atom. The number of carbonyl (C=O) groups excluding carboxylic acids is 1. The largest absolute Gasteiger partial charge is 0.496 e. The van der Waals surface area contributed by atoms with E-state index in [1.807, 2.05) is 55.5 Å². The van der Waals surface area contributed by atoms with Crippen molar-refractivity contribution >= 4 is 11.9 Å². The average Bonchev–Trinajstić information content (AvgIpc) is 3.03. The maximum atomic E-state index is 12.7. The molecule has 2 N–H and O–H groups in total. The zero-order chi connectivity index (χ0) is 30.6. The molecule has 0 radical (unpaired) electrons. The highest BCUT2D eigenvalue weighted by Gasteiger charge is 2.22. The molecule has 0 aliphatic carbocycles. The van der Waals surface area contributed by atoms with E-state index in [1.165, 1.54) is 25.7 Å². The molecule has 1 aromatic heterocycles. The number of carboxylic acids is 1. The lowest BCUT2D eigenvalue weighted by Crippen LogP contribution is -2.42. The van der Waals surface area contributed by atoms with Crippen molar-refractivity contribution in [3.63, 3.8) is 0 Å². The summed E-state index contributed by atoms with van der Waals surface area (Å²) < 4.78 is 11.1. The van der Waals surface area contributed by atoms with E-state index in [-0.39, 0.29) is 6.42 Å². The van der Waals surface area contributed by atoms with E-state index in [2.05, 4.69) is 22.2 Å². The summed E-state index contributed by atoms with van der Waals surface area (Å²) in [6.45, 7) is 4.77. The highest BCUT2D eigenvalue weighted by Crippen LogP contribution is 2.24. The number of ether oxygens (including phenoxy) is 2. The van der Waals surface area contributed by atoms with E-state index in [4.69, 9.17) is 9.47 Å². The summed E-state index contributed by atoms with van der Waals surface area (Å²) in [7, 11) is 1.56. The van der Waals surface area contributed by atoms with Crippen molar-refractivity contribution in [2.45, 2.75) is 58.4 Å². The second-order valence-corrected chi connectivity index (χ2v) is 10.5. The Morgan fingerprint density at radius 1 is 0.860 bits per heavy atom. The number of rotatable bonds is 15. The number of unbranched alkanes of at least 4 members (excludes halogenated alkanes) is 4. The summed E-state index contributed by atoms with van der Waals surface area (Å²) >= 11 is 0. The second kappa shape index (κ2) is 15.5. The third kappa shape index (κ3) is 8.88. The fourth-order valence-electron chi connectivity index (χ4n) is 4.75. The Bertz CT molecular complexity index is 1490. The maximum absolute atomic E-state index is 12.7. The van der Waals surface area contributed by atoms with Gasteiger partial charge in [0, 0.05) is 35.5 Å². The van der Waals surface area contributed by atoms with Crippen LogP contribution in [0.2, 0.25) is 0 Å². The number of methoxy groups -OCH3 is 1. The van der Waals surface area contributed by atoms with E-state index < -0.39 is 17.9 Å². The number of carboxylic acid groups (broad SMARTS) is 1. The van der Waals surface area contributed by atoms with Crippen molar-refractivity contribution in [1.29, 1.82) is 0 Å². The SMILES string of the molecule is CCCCCCCOc1ccc(-c2cnc(-c3ccc(CC(NC(=O)c4ccc(OC)c(C)c4)C(=O)O)cc3)nc2)cc1. The molecule has 3 aromatic carbocycles. The number of aromatic nitrogens is 2. The molecule has 0 bridgehead atoms. The minimum atomic E-state index is -1.11. The Morgan fingerprint density at radius 2 is 1.53 bits per heavy atom. The van der Waals surface area contributed by atoms with Crippen molar-refractivity contribution in [2.24, 2.45) is 0 Å². The number of aliphatic carboxylic acids is 1. The number of benzene rings is 3. The first kappa shape index (κ1) is 31.2. The molecule has 1 atom stereocenters. The third-order valence-corrected chi connectivity index (χ3v) is 7.27. The highest BCUT2D eigenvalue weighted by atomic mass is 16.5. The van der Waals surface area contributed by atoms with Gasteiger partial charge in [-0.1, -0.05) is 69.0 Å². The molecule has 4 rings (SSSR count). The lowest BCUT2D eigenvalue weighted by molar-refractivity contribution is -0.139. The van der Waals surface area contributed by atoms with Gasteiger partial charge in [-0.3, -0.25) is 4.79 Å². The smallest absolute Gasteiger partial charge is 0.326 e. The predicted molar refractivity (Wildman–Crippen MR) is 167 cm³/mol. The maximum Gasteiger partial charge on any atom is 0.326 e. The van der Waals surface area contributed by atoms with Gasteiger partial charge in [0.1, 0.15) is 17.5 Å². The standard InChI is InChI=1S/C35H39N3O5/c1-4-5-6-7-8-19-43-30-16-13-26(14-17-30)29-22-36-33(37-23-29)27-11-9-25(10-12-27)21-31(35(40)41)38-34(39)28-15-18-32(42-3)24(2)20-28/h9-18,20,22-23,31H,4-8,19,21H2,1-3H3,(H,38,39)(H,40,41). The van der Waals surface area contributed by atoms with E-state index in [0.717, 1.165) is 46.6 Å². The van der Waals surface area contributed by atoms with Crippen LogP contribution >= 0.6 is 0 Å². The van der Waals surface area contributed by atoms with Crippen LogP contribution in [0.1, 0.15) is 60.5 Å². The minimum absolute atomic E-state index is 0.134. The topological polar surface area (TPSA) is 111 Å². The molecule has 1 amide bonds. The number of hydrogen-bond acceptors (Lipinski definition) is 6. The molecule has 0 saturated heterocycles. The Labute approximate surface area is 253 Å². The molecule has 224 valence electrons. The molecule has 4 aromatic rings. The van der Waals surface area contributed by atoms with Crippen molar-refractivity contribution in [3.05, 3.63) is 95.8 Å². The van der Waals surface area contributed by atoms with Crippen LogP contribution in [0.4, 0.5) is 0 Å². The van der Waals surface area contributed by atoms with Gasteiger partial charge in [0.15, 0.2) is 5.82 Å². The number of nitrogens with zero attached hydrogens (tertiary/aromatic N) is 2. The molecule has 0 saturated carbocycles. The number of nitrogens with one attached hydrogen (secondary N) is 1. The van der Waals surface area contributed by atoms with Crippen LogP contribution in [0.5, 0.6) is 11.5 Å². The molecular weight excluding hydrogens is 542 g/mol. The van der Waals surface area contributed by atoms with E-state index in [9.17, 15) is 14.7 Å². The Hall–Kier alpha value is -4.72. The Balaban J connectivity index is 1.33. The molecule has 0 aliphatic rings. The summed E-state index contributed by atoms with van der Waals surface area (Å²) in [6, 6.07) is 19.2. The molecule has 1 heterocycles. The first-order valence-electron chi connectivity index (χ1n) is 14.7. The third-order valence-electron chi connectivity index (χ3n) is 7.27. The minimum Gasteiger partial charge on any atom is -0.496 e. The van der Waals surface area contributed by atoms with Gasteiger partial charge in [-0.05, 0) is 60.4 Å². The molecule has 0 spiro atoms. The van der Waals surface area contributed by atoms with Crippen LogP contribution in [-0.4, -0.2) is 46.7 Å². The second-order valence-electron chi connectivity index (χ2n) is 10.5. The van der Waals surface area contributed by atoms with Crippen LogP contribution < -0.4 is 14.8 Å². The summed E-state index contributed by atoms with van der Waals surface area (Å²) in [5, 5.41) is 12.4. The van der Waals surface area contributed by atoms with Gasteiger partial charge < -0.3 is 19.9 Å². The fraction of sp³-hybridized carbons (Fsp3) is 0.314. The summed E-state index contributed by atoms with van der Waals surface area (Å²) in [5.74, 6) is 0.522. The van der Waals surface area contributed by atoms with Gasteiger partial charge in [-0.25, -0.2) is 14.8 Å². The monoisotopic (exact) mass is 581 g/mol. The van der Waals surface area contributed by atoms with Crippen LogP contribution in [0, 0.1) is 6.92 Å². The predicted octanol–water partition coefficient (Wildman–Crippen LogP) is 6.90. The normalized spacial score (nSPS) is 11.5. The average molecular weight is 582 g/mol. The van der Waals surface area contributed by atoms with Crippen molar-refractivity contribution < 1.29 is 24.2 Å². The summed E-state index contributed by atoms with van der Waals surface area (Å²) in [5.41, 5.74) is 4.64. The van der Waals surface area contributed by atoms with Gasteiger partial charge in [0.2, 0.25) is 0 Å². The van der Waals surface area contributed by atoms with Gasteiger partial charge in [-0.2, -0.15) is 0 Å². The summed E-state index contributed by atoms with van der Waals surface area (Å²) in [4.78, 5) is 33.7. The lowest BCUT2D eigenvalue weighted by Gasteiger charge is -2.15. The number of aryl methyl sites for hydroxylation is 1. The Kier molecular flexibility index (Phi) is 11.2. The lowest BCUT2D eigenvalue weighted by atomic mass is 10.0. The number of carbonyl (C=O) groups is 2. The van der Waals surface area contributed by atoms with Crippen molar-refractivity contribution in [3.8, 4) is 34.0 Å².